The van der Waals surface area contributed by atoms with Gasteiger partial charge in [0.15, 0.2) is 0 Å². The van der Waals surface area contributed by atoms with Gasteiger partial charge in [0.05, 0.1) is 6.61 Å². The van der Waals surface area contributed by atoms with Crippen molar-refractivity contribution in [3.63, 3.8) is 0 Å². The predicted octanol–water partition coefficient (Wildman–Crippen LogP) is 1.31. The van der Waals surface area contributed by atoms with Crippen LogP contribution in [0.3, 0.4) is 0 Å². The molecule has 3 rings (SSSR count). The molecule has 0 aromatic carbocycles. The topological polar surface area (TPSA) is 21.3 Å². The monoisotopic (exact) mass is 183 g/mol. The minimum atomic E-state index is 0.629. The number of nitrogens with one attached hydrogen (secondary N) is 1. The van der Waals surface area contributed by atoms with Crippen molar-refractivity contribution in [2.24, 2.45) is 17.8 Å². The first-order valence-corrected chi connectivity index (χ1v) is 5.19. The van der Waals surface area contributed by atoms with E-state index in [0.717, 1.165) is 24.4 Å². The Labute approximate surface area is 77.7 Å². The van der Waals surface area contributed by atoms with Gasteiger partial charge in [-0.2, -0.15) is 0 Å². The van der Waals surface area contributed by atoms with Gasteiger partial charge in [0.2, 0.25) is 0 Å². The lowest BCUT2D eigenvalue weighted by molar-refractivity contribution is 0.121. The summed E-state index contributed by atoms with van der Waals surface area (Å²) in [6.45, 7) is 0.873. The predicted molar refractivity (Wildman–Crippen MR) is 49.8 cm³/mol. The highest BCUT2D eigenvalue weighted by molar-refractivity contribution is 7.80. The van der Waals surface area contributed by atoms with E-state index in [1.54, 1.807) is 0 Å². The molecule has 3 heteroatoms. The third-order valence-electron chi connectivity index (χ3n) is 3.78. The molecule has 0 aromatic heterocycles. The molecule has 1 heterocycles. The van der Waals surface area contributed by atoms with Gasteiger partial charge in [-0.25, -0.2) is 0 Å². The third kappa shape index (κ3) is 0.830. The minimum Gasteiger partial charge on any atom is -0.471 e. The number of rotatable bonds is 0. The van der Waals surface area contributed by atoms with Crippen LogP contribution in [0.2, 0.25) is 0 Å². The van der Waals surface area contributed by atoms with E-state index in [0.29, 0.717) is 11.2 Å². The third-order valence-corrected chi connectivity index (χ3v) is 4.02. The van der Waals surface area contributed by atoms with Crippen molar-refractivity contribution in [2.45, 2.75) is 25.3 Å². The van der Waals surface area contributed by atoms with E-state index < -0.39 is 0 Å². The molecule has 0 aromatic rings. The second-order valence-electron chi connectivity index (χ2n) is 4.27. The molecule has 66 valence electrons. The number of thiocarbonyl (C=S) groups is 1. The van der Waals surface area contributed by atoms with E-state index in [1.165, 1.54) is 19.3 Å². The average Bonchev–Trinajstić information content (AvgIpc) is 2.63. The zero-order valence-corrected chi connectivity index (χ0v) is 7.77. The molecule has 2 bridgehead atoms. The maximum atomic E-state index is 5.36. The minimum absolute atomic E-state index is 0.629. The molecular weight excluding hydrogens is 170 g/mol. The Morgan fingerprint density at radius 2 is 2.17 bits per heavy atom. The number of ether oxygens (including phenoxy) is 1. The maximum Gasteiger partial charge on any atom is 0.256 e. The first-order chi connectivity index (χ1) is 5.84. The lowest BCUT2D eigenvalue weighted by Gasteiger charge is -2.36. The van der Waals surface area contributed by atoms with Gasteiger partial charge >= 0.3 is 0 Å². The lowest BCUT2D eigenvalue weighted by atomic mass is 9.84. The molecule has 0 radical (unpaired) electrons. The Balaban J connectivity index is 1.85. The summed E-state index contributed by atoms with van der Waals surface area (Å²) in [5, 5.41) is 3.95. The Hall–Kier alpha value is -0.310. The summed E-state index contributed by atoms with van der Waals surface area (Å²) in [4.78, 5) is 0. The van der Waals surface area contributed by atoms with Crippen LogP contribution >= 0.6 is 12.2 Å². The first kappa shape index (κ1) is 7.13. The Morgan fingerprint density at radius 1 is 1.33 bits per heavy atom. The van der Waals surface area contributed by atoms with Crippen molar-refractivity contribution in [3.8, 4) is 0 Å². The molecule has 1 saturated heterocycles. The van der Waals surface area contributed by atoms with Crippen LogP contribution < -0.4 is 5.32 Å². The zero-order valence-electron chi connectivity index (χ0n) is 6.95. The van der Waals surface area contributed by atoms with Crippen LogP contribution in [0.4, 0.5) is 0 Å². The number of fused-ring (bicyclic) bond motifs is 5. The first-order valence-electron chi connectivity index (χ1n) is 4.78. The maximum absolute atomic E-state index is 5.36. The summed E-state index contributed by atoms with van der Waals surface area (Å²) in [6, 6.07) is 0.657. The Bertz CT molecular complexity index is 231. The second-order valence-corrected chi connectivity index (χ2v) is 4.64. The summed E-state index contributed by atoms with van der Waals surface area (Å²) in [5.41, 5.74) is 0. The second kappa shape index (κ2) is 2.34. The highest BCUT2D eigenvalue weighted by atomic mass is 32.1. The molecule has 2 nitrogen and oxygen atoms in total. The molecule has 12 heavy (non-hydrogen) atoms. The Kier molecular flexibility index (Phi) is 1.39. The van der Waals surface area contributed by atoms with Crippen LogP contribution in [0.25, 0.3) is 0 Å². The van der Waals surface area contributed by atoms with Crippen LogP contribution in [0, 0.1) is 17.8 Å². The molecule has 3 fully saturated rings. The van der Waals surface area contributed by atoms with Gasteiger partial charge < -0.3 is 10.1 Å². The number of hydrogen-bond acceptors (Lipinski definition) is 2. The van der Waals surface area contributed by atoms with Gasteiger partial charge in [0.1, 0.15) is 0 Å². The molecule has 2 saturated carbocycles. The highest BCUT2D eigenvalue weighted by Crippen LogP contribution is 2.49. The van der Waals surface area contributed by atoms with E-state index in [2.05, 4.69) is 5.32 Å². The van der Waals surface area contributed by atoms with Crippen molar-refractivity contribution in [3.05, 3.63) is 0 Å². The molecule has 3 aliphatic rings. The van der Waals surface area contributed by atoms with Gasteiger partial charge in [-0.05, 0) is 43.3 Å². The zero-order chi connectivity index (χ0) is 8.13. The summed E-state index contributed by atoms with van der Waals surface area (Å²) >= 11 is 5.01. The lowest BCUT2D eigenvalue weighted by Crippen LogP contribution is -2.50. The van der Waals surface area contributed by atoms with Crippen molar-refractivity contribution in [1.29, 1.82) is 0 Å². The molecule has 0 spiro atoms. The van der Waals surface area contributed by atoms with Crippen molar-refractivity contribution in [2.75, 3.05) is 6.61 Å². The van der Waals surface area contributed by atoms with E-state index in [4.69, 9.17) is 17.0 Å². The van der Waals surface area contributed by atoms with E-state index in [-0.39, 0.29) is 0 Å². The molecular formula is C9H13NOS. The average molecular weight is 183 g/mol. The van der Waals surface area contributed by atoms with Crippen LogP contribution in [-0.2, 0) is 4.74 Å². The fourth-order valence-corrected chi connectivity index (χ4v) is 3.43. The SMILES string of the molecule is S=C1N[C@H]2[C@@H]3CC[C@@H](C3)[C@H]2CO1. The van der Waals surface area contributed by atoms with Crippen molar-refractivity contribution >= 4 is 17.4 Å². The molecule has 4 atom stereocenters. The van der Waals surface area contributed by atoms with Gasteiger partial charge in [0.25, 0.3) is 5.17 Å². The quantitative estimate of drug-likeness (QED) is 0.572. The summed E-state index contributed by atoms with van der Waals surface area (Å²) in [5.74, 6) is 2.58. The number of hydrogen-bond donors (Lipinski definition) is 1. The summed E-state index contributed by atoms with van der Waals surface area (Å²) < 4.78 is 5.36. The van der Waals surface area contributed by atoms with Gasteiger partial charge in [-0.15, -0.1) is 0 Å². The van der Waals surface area contributed by atoms with Crippen LogP contribution in [-0.4, -0.2) is 17.8 Å². The van der Waals surface area contributed by atoms with Crippen LogP contribution in [0.15, 0.2) is 0 Å². The fourth-order valence-electron chi connectivity index (χ4n) is 3.22. The molecule has 1 N–H and O–H groups in total. The highest BCUT2D eigenvalue weighted by Gasteiger charge is 2.49. The van der Waals surface area contributed by atoms with Crippen molar-refractivity contribution < 1.29 is 4.74 Å². The smallest absolute Gasteiger partial charge is 0.256 e. The molecule has 1 aliphatic heterocycles. The Morgan fingerprint density at radius 3 is 3.08 bits per heavy atom. The molecule has 0 unspecified atom stereocenters. The standard InChI is InChI=1S/C9H13NOS/c12-9-10-8-6-2-1-5(3-6)7(8)4-11-9/h5-8H,1-4H2,(H,10,12)/t5-,6+,7+,8-/m0/s1. The molecule has 2 aliphatic carbocycles. The van der Waals surface area contributed by atoms with E-state index in [9.17, 15) is 0 Å². The van der Waals surface area contributed by atoms with Gasteiger partial charge in [-0.3, -0.25) is 0 Å². The van der Waals surface area contributed by atoms with Crippen molar-refractivity contribution in [1.82, 2.24) is 5.32 Å². The fraction of sp³-hybridized carbons (Fsp3) is 0.889. The normalized spacial score (nSPS) is 49.8. The summed E-state index contributed by atoms with van der Waals surface area (Å²) in [7, 11) is 0. The largest absolute Gasteiger partial charge is 0.471 e. The van der Waals surface area contributed by atoms with E-state index in [1.807, 2.05) is 0 Å². The van der Waals surface area contributed by atoms with Crippen LogP contribution in [0.1, 0.15) is 19.3 Å². The van der Waals surface area contributed by atoms with Gasteiger partial charge in [-0.1, -0.05) is 0 Å². The molecule has 0 amide bonds. The van der Waals surface area contributed by atoms with E-state index >= 15 is 0 Å². The van der Waals surface area contributed by atoms with Gasteiger partial charge in [0, 0.05) is 12.0 Å². The van der Waals surface area contributed by atoms with Crippen LogP contribution in [0.5, 0.6) is 0 Å². The summed E-state index contributed by atoms with van der Waals surface area (Å²) in [6.07, 6.45) is 4.24.